The van der Waals surface area contributed by atoms with Gasteiger partial charge in [-0.1, -0.05) is 12.8 Å². The van der Waals surface area contributed by atoms with Gasteiger partial charge in [-0.3, -0.25) is 9.89 Å². The van der Waals surface area contributed by atoms with Crippen LogP contribution in [0.3, 0.4) is 0 Å². The molecule has 24 heavy (non-hydrogen) atoms. The molecule has 1 aromatic rings. The van der Waals surface area contributed by atoms with Crippen LogP contribution in [0, 0.1) is 0 Å². The Morgan fingerprint density at radius 3 is 2.83 bits per heavy atom. The fraction of sp³-hybridized carbons (Fsp3) is 0.722. The van der Waals surface area contributed by atoms with Crippen molar-refractivity contribution in [3.8, 4) is 0 Å². The van der Waals surface area contributed by atoms with Gasteiger partial charge in [0.25, 0.3) is 0 Å². The molecule has 2 aliphatic rings. The molecular weight excluding hydrogens is 304 g/mol. The molecule has 134 valence electrons. The van der Waals surface area contributed by atoms with Crippen LogP contribution in [-0.2, 0) is 11.2 Å². The Hall–Kier alpha value is -1.53. The monoisotopic (exact) mass is 334 g/mol. The summed E-state index contributed by atoms with van der Waals surface area (Å²) in [4.78, 5) is 7.20. The van der Waals surface area contributed by atoms with Gasteiger partial charge in [0, 0.05) is 38.6 Å². The maximum absolute atomic E-state index is 5.39. The third-order valence-corrected chi connectivity index (χ3v) is 4.73. The van der Waals surface area contributed by atoms with Crippen LogP contribution in [0.4, 0.5) is 0 Å². The highest BCUT2D eigenvalue weighted by molar-refractivity contribution is 5.80. The number of morpholine rings is 1. The van der Waals surface area contributed by atoms with Crippen LogP contribution in [0.1, 0.15) is 31.4 Å². The molecule has 6 heteroatoms. The smallest absolute Gasteiger partial charge is 0.191 e. The fourth-order valence-electron chi connectivity index (χ4n) is 3.30. The van der Waals surface area contributed by atoms with Crippen molar-refractivity contribution in [3.63, 3.8) is 0 Å². The molecule has 1 aliphatic heterocycles. The summed E-state index contributed by atoms with van der Waals surface area (Å²) >= 11 is 0. The zero-order valence-corrected chi connectivity index (χ0v) is 14.5. The maximum atomic E-state index is 5.39. The lowest BCUT2D eigenvalue weighted by Gasteiger charge is -2.26. The Morgan fingerprint density at radius 2 is 2.08 bits per heavy atom. The van der Waals surface area contributed by atoms with Gasteiger partial charge >= 0.3 is 0 Å². The zero-order valence-electron chi connectivity index (χ0n) is 14.5. The Balaban J connectivity index is 1.44. The van der Waals surface area contributed by atoms with Crippen molar-refractivity contribution in [2.24, 2.45) is 4.99 Å². The summed E-state index contributed by atoms with van der Waals surface area (Å²) in [6, 6.07) is 4.52. The summed E-state index contributed by atoms with van der Waals surface area (Å²) in [5.74, 6) is 1.96. The van der Waals surface area contributed by atoms with Gasteiger partial charge in [-0.05, 0) is 25.0 Å². The quantitative estimate of drug-likeness (QED) is 0.586. The first-order valence-corrected chi connectivity index (χ1v) is 9.27. The molecule has 0 spiro atoms. The first kappa shape index (κ1) is 17.3. The lowest BCUT2D eigenvalue weighted by molar-refractivity contribution is 0.0394. The van der Waals surface area contributed by atoms with Gasteiger partial charge in [0.1, 0.15) is 5.76 Å². The standard InChI is InChI=1S/C18H30N4O2/c1-2-5-16(4-1)21-18(19-8-7-17-6-3-13-24-17)20-9-10-22-11-14-23-15-12-22/h3,6,13,16H,1-2,4-5,7-12,14-15H2,(H2,19,20,21). The number of furan rings is 1. The van der Waals surface area contributed by atoms with E-state index >= 15 is 0 Å². The van der Waals surface area contributed by atoms with Crippen LogP contribution in [0.25, 0.3) is 0 Å². The highest BCUT2D eigenvalue weighted by Crippen LogP contribution is 2.17. The predicted molar refractivity (Wildman–Crippen MR) is 95.4 cm³/mol. The summed E-state index contributed by atoms with van der Waals surface area (Å²) in [5.41, 5.74) is 0. The van der Waals surface area contributed by atoms with E-state index in [2.05, 4.69) is 15.5 Å². The lowest BCUT2D eigenvalue weighted by atomic mass is 10.2. The number of hydrogen-bond acceptors (Lipinski definition) is 4. The van der Waals surface area contributed by atoms with Crippen molar-refractivity contribution in [2.75, 3.05) is 45.9 Å². The second kappa shape index (κ2) is 9.69. The Kier molecular flexibility index (Phi) is 6.98. The van der Waals surface area contributed by atoms with E-state index in [-0.39, 0.29) is 0 Å². The average Bonchev–Trinajstić information content (AvgIpc) is 3.29. The van der Waals surface area contributed by atoms with Crippen LogP contribution in [0.2, 0.25) is 0 Å². The second-order valence-electron chi connectivity index (χ2n) is 6.57. The molecule has 1 aromatic heterocycles. The van der Waals surface area contributed by atoms with Crippen molar-refractivity contribution < 1.29 is 9.15 Å². The zero-order chi connectivity index (χ0) is 16.5. The van der Waals surface area contributed by atoms with Gasteiger partial charge < -0.3 is 19.8 Å². The van der Waals surface area contributed by atoms with Gasteiger partial charge in [-0.25, -0.2) is 0 Å². The van der Waals surface area contributed by atoms with E-state index in [0.717, 1.165) is 64.1 Å². The first-order valence-electron chi connectivity index (χ1n) is 9.27. The molecule has 0 aromatic carbocycles. The van der Waals surface area contributed by atoms with Crippen molar-refractivity contribution in [3.05, 3.63) is 24.2 Å². The van der Waals surface area contributed by atoms with E-state index in [1.807, 2.05) is 12.1 Å². The SMILES string of the molecule is c1coc(CCNC(=NCCN2CCOCC2)NC2CCCC2)c1. The molecule has 2 fully saturated rings. The van der Waals surface area contributed by atoms with Gasteiger partial charge in [0.15, 0.2) is 5.96 Å². The van der Waals surface area contributed by atoms with Crippen molar-refractivity contribution in [1.29, 1.82) is 0 Å². The minimum absolute atomic E-state index is 0.572. The van der Waals surface area contributed by atoms with E-state index in [1.165, 1.54) is 25.7 Å². The van der Waals surface area contributed by atoms with E-state index < -0.39 is 0 Å². The number of guanidine groups is 1. The normalized spacial score (nSPS) is 20.4. The second-order valence-corrected chi connectivity index (χ2v) is 6.57. The minimum Gasteiger partial charge on any atom is -0.469 e. The fourth-order valence-corrected chi connectivity index (χ4v) is 3.30. The molecule has 0 radical (unpaired) electrons. The van der Waals surface area contributed by atoms with Crippen LogP contribution in [0.5, 0.6) is 0 Å². The molecule has 0 atom stereocenters. The van der Waals surface area contributed by atoms with E-state index in [0.29, 0.717) is 6.04 Å². The highest BCUT2D eigenvalue weighted by Gasteiger charge is 2.16. The Morgan fingerprint density at radius 1 is 1.25 bits per heavy atom. The summed E-state index contributed by atoms with van der Waals surface area (Å²) in [6.45, 7) is 6.39. The molecule has 1 aliphatic carbocycles. The van der Waals surface area contributed by atoms with Gasteiger partial charge in [0.2, 0.25) is 0 Å². The van der Waals surface area contributed by atoms with Gasteiger partial charge in [0.05, 0.1) is 26.0 Å². The maximum Gasteiger partial charge on any atom is 0.191 e. The summed E-state index contributed by atoms with van der Waals surface area (Å²) in [6.07, 6.45) is 7.76. The number of nitrogens with zero attached hydrogens (tertiary/aromatic N) is 2. The van der Waals surface area contributed by atoms with Crippen LogP contribution in [-0.4, -0.2) is 62.8 Å². The molecule has 1 saturated carbocycles. The topological polar surface area (TPSA) is 62.0 Å². The molecule has 2 heterocycles. The third-order valence-electron chi connectivity index (χ3n) is 4.73. The Bertz CT molecular complexity index is 477. The van der Waals surface area contributed by atoms with Crippen LogP contribution < -0.4 is 10.6 Å². The highest BCUT2D eigenvalue weighted by atomic mass is 16.5. The van der Waals surface area contributed by atoms with Crippen LogP contribution in [0.15, 0.2) is 27.8 Å². The molecule has 2 N–H and O–H groups in total. The molecule has 1 saturated heterocycles. The number of hydrogen-bond donors (Lipinski definition) is 2. The number of ether oxygens (including phenoxy) is 1. The summed E-state index contributed by atoms with van der Waals surface area (Å²) in [7, 11) is 0. The summed E-state index contributed by atoms with van der Waals surface area (Å²) < 4.78 is 10.8. The van der Waals surface area contributed by atoms with E-state index in [1.54, 1.807) is 6.26 Å². The average molecular weight is 334 g/mol. The molecule has 6 nitrogen and oxygen atoms in total. The van der Waals surface area contributed by atoms with E-state index in [4.69, 9.17) is 14.1 Å². The molecule has 0 amide bonds. The number of nitrogens with one attached hydrogen (secondary N) is 2. The predicted octanol–water partition coefficient (Wildman–Crippen LogP) is 1.63. The third kappa shape index (κ3) is 5.83. The minimum atomic E-state index is 0.572. The number of aliphatic imine (C=N–C) groups is 1. The van der Waals surface area contributed by atoms with E-state index in [9.17, 15) is 0 Å². The molecule has 3 rings (SSSR count). The molecular formula is C18H30N4O2. The lowest BCUT2D eigenvalue weighted by Crippen LogP contribution is -2.44. The number of rotatable bonds is 7. The van der Waals surface area contributed by atoms with Crippen molar-refractivity contribution in [1.82, 2.24) is 15.5 Å². The largest absolute Gasteiger partial charge is 0.469 e. The van der Waals surface area contributed by atoms with Crippen LogP contribution >= 0.6 is 0 Å². The molecule has 0 unspecified atom stereocenters. The van der Waals surface area contributed by atoms with Crippen molar-refractivity contribution >= 4 is 5.96 Å². The Labute approximate surface area is 144 Å². The summed E-state index contributed by atoms with van der Waals surface area (Å²) in [5, 5.41) is 7.06. The van der Waals surface area contributed by atoms with Gasteiger partial charge in [-0.2, -0.15) is 0 Å². The van der Waals surface area contributed by atoms with Gasteiger partial charge in [-0.15, -0.1) is 0 Å². The van der Waals surface area contributed by atoms with Crippen molar-refractivity contribution in [2.45, 2.75) is 38.1 Å². The molecule has 0 bridgehead atoms. The first-order chi connectivity index (χ1) is 11.9.